The number of urea groups is 1. The van der Waals surface area contributed by atoms with Crippen LogP contribution in [0.4, 0.5) is 10.5 Å². The molecule has 17 heteroatoms. The molecule has 0 aromatic heterocycles. The summed E-state index contributed by atoms with van der Waals surface area (Å²) in [7, 11) is 0. The van der Waals surface area contributed by atoms with Crippen LogP contribution in [0.1, 0.15) is 69.6 Å². The number of carbonyl (C=O) groups excluding carboxylic acids is 5. The summed E-state index contributed by atoms with van der Waals surface area (Å²) in [6.07, 6.45) is 2.58. The van der Waals surface area contributed by atoms with E-state index >= 15 is 0 Å². The molecule has 1 aliphatic heterocycles. The van der Waals surface area contributed by atoms with Crippen molar-refractivity contribution in [1.82, 2.24) is 21.3 Å². The maximum atomic E-state index is 13.4. The molecule has 0 radical (unpaired) electrons. The Balaban J connectivity index is 1.18. The number of carboxylic acid groups (broad SMARTS) is 1. The number of nitrogens with zero attached hydrogens (tertiary/aromatic N) is 1. The van der Waals surface area contributed by atoms with Gasteiger partial charge in [-0.1, -0.05) is 56.3 Å². The van der Waals surface area contributed by atoms with E-state index in [0.717, 1.165) is 28.0 Å². The third-order valence-corrected chi connectivity index (χ3v) is 9.24. The summed E-state index contributed by atoms with van der Waals surface area (Å²) in [6, 6.07) is 13.0. The van der Waals surface area contributed by atoms with Crippen molar-refractivity contribution < 1.29 is 52.8 Å². The Morgan fingerprint density at radius 3 is 2.03 bits per heavy atom. The topological polar surface area (TPSA) is 237 Å². The fourth-order valence-corrected chi connectivity index (χ4v) is 6.14. The number of carbonyl (C=O) groups is 6. The van der Waals surface area contributed by atoms with Crippen molar-refractivity contribution in [2.24, 2.45) is 11.7 Å². The van der Waals surface area contributed by atoms with Gasteiger partial charge in [-0.2, -0.15) is 0 Å². The minimum absolute atomic E-state index is 0.00786. The van der Waals surface area contributed by atoms with Gasteiger partial charge in [0.05, 0.1) is 65.1 Å². The third kappa shape index (κ3) is 18.0. The normalized spacial score (nSPS) is 14.0. The zero-order valence-corrected chi connectivity index (χ0v) is 34.3. The number of benzene rings is 2. The monoisotopic (exact) mass is 824 g/mol. The molecule has 2 atom stereocenters. The molecule has 0 saturated heterocycles. The first-order valence-corrected chi connectivity index (χ1v) is 20.0. The van der Waals surface area contributed by atoms with Crippen molar-refractivity contribution in [3.8, 4) is 0 Å². The molecule has 0 fully saturated rings. The van der Waals surface area contributed by atoms with Gasteiger partial charge in [0.1, 0.15) is 12.1 Å². The Kier molecular flexibility index (Phi) is 21.6. The number of ether oxygens (including phenoxy) is 4. The zero-order chi connectivity index (χ0) is 43.0. The molecule has 2 aromatic rings. The van der Waals surface area contributed by atoms with Crippen LogP contribution in [0.2, 0.25) is 0 Å². The number of amides is 6. The first kappa shape index (κ1) is 48.0. The van der Waals surface area contributed by atoms with Gasteiger partial charge in [0.25, 0.3) is 0 Å². The number of fused-ring (bicyclic) bond motifs is 2. The quantitative estimate of drug-likeness (QED) is 0.0717. The van der Waals surface area contributed by atoms with Crippen molar-refractivity contribution in [3.63, 3.8) is 0 Å². The standard InChI is InChI=1S/C42H60N6O11/c1-29(2)39(40(52)46-34(41(53)54)12-8-17-45-42(43)55)47-37(50)16-19-56-21-23-58-25-26-59-24-22-57-20-18-44-36(49)14-15-38(51)48-28-32-10-4-6-11-33(32)30(3)27-31-9-5-7-13-35(31)48/h4-7,9-11,13,27,29,34,39H,8,12,14-26,28H2,1-3H3,(H,44,49)(H,46,52)(H,47,50)(H,53,54)(H3,43,45,55)/b30-27-/t34-,39-/m0/s1. The summed E-state index contributed by atoms with van der Waals surface area (Å²) < 4.78 is 22.0. The zero-order valence-electron chi connectivity index (χ0n) is 34.3. The largest absolute Gasteiger partial charge is 0.480 e. The van der Waals surface area contributed by atoms with E-state index in [-0.39, 0.29) is 76.2 Å². The molecule has 0 spiro atoms. The molecule has 3 rings (SSSR count). The van der Waals surface area contributed by atoms with Crippen LogP contribution in [0, 0.1) is 5.92 Å². The number of anilines is 1. The molecular weight excluding hydrogens is 764 g/mol. The van der Waals surface area contributed by atoms with Crippen molar-refractivity contribution in [1.29, 1.82) is 0 Å². The fraction of sp³-hybridized carbons (Fsp3) is 0.524. The molecule has 324 valence electrons. The lowest BCUT2D eigenvalue weighted by Gasteiger charge is -2.28. The maximum absolute atomic E-state index is 13.4. The predicted molar refractivity (Wildman–Crippen MR) is 221 cm³/mol. The van der Waals surface area contributed by atoms with Crippen molar-refractivity contribution in [2.75, 3.05) is 70.8 Å². The highest BCUT2D eigenvalue weighted by Gasteiger charge is 2.28. The third-order valence-electron chi connectivity index (χ3n) is 9.24. The molecule has 1 heterocycles. The van der Waals surface area contributed by atoms with E-state index in [2.05, 4.69) is 40.3 Å². The van der Waals surface area contributed by atoms with E-state index < -0.39 is 35.9 Å². The van der Waals surface area contributed by atoms with Crippen molar-refractivity contribution in [2.45, 2.75) is 71.5 Å². The average Bonchev–Trinajstić information content (AvgIpc) is 3.20. The molecule has 2 aromatic carbocycles. The SMILES string of the molecule is C/C1=C/c2ccccc2N(C(=O)CCC(=O)NCCOCCOCCOCCOCCC(=O)N[C@H](C(=O)N[C@@H](CCCNC(N)=O)C(=O)O)C(C)C)Cc2ccccc21. The van der Waals surface area contributed by atoms with Gasteiger partial charge in [0.15, 0.2) is 0 Å². The van der Waals surface area contributed by atoms with Gasteiger partial charge in [0, 0.05) is 32.4 Å². The summed E-state index contributed by atoms with van der Waals surface area (Å²) in [6.45, 7) is 8.69. The van der Waals surface area contributed by atoms with Crippen LogP contribution >= 0.6 is 0 Å². The van der Waals surface area contributed by atoms with E-state index in [4.69, 9.17) is 24.7 Å². The number of nitrogens with one attached hydrogen (secondary N) is 4. The number of rotatable bonds is 27. The van der Waals surface area contributed by atoms with Crippen LogP contribution in [0.3, 0.4) is 0 Å². The molecule has 7 N–H and O–H groups in total. The number of primary amides is 1. The van der Waals surface area contributed by atoms with E-state index in [0.29, 0.717) is 46.1 Å². The Morgan fingerprint density at radius 1 is 0.746 bits per heavy atom. The number of hydrogen-bond donors (Lipinski definition) is 6. The highest BCUT2D eigenvalue weighted by molar-refractivity contribution is 5.99. The predicted octanol–water partition coefficient (Wildman–Crippen LogP) is 2.61. The number of para-hydroxylation sites is 1. The lowest BCUT2D eigenvalue weighted by molar-refractivity contribution is -0.142. The van der Waals surface area contributed by atoms with Gasteiger partial charge in [-0.3, -0.25) is 19.2 Å². The summed E-state index contributed by atoms with van der Waals surface area (Å²) >= 11 is 0. The molecule has 1 aliphatic rings. The minimum Gasteiger partial charge on any atom is -0.480 e. The Hall–Kier alpha value is -5.36. The second-order valence-electron chi connectivity index (χ2n) is 14.2. The number of hydrogen-bond acceptors (Lipinski definition) is 10. The molecular formula is C42H60N6O11. The molecule has 0 unspecified atom stereocenters. The molecule has 0 aliphatic carbocycles. The average molecular weight is 825 g/mol. The van der Waals surface area contributed by atoms with Crippen LogP contribution in [0.15, 0.2) is 48.5 Å². The lowest BCUT2D eigenvalue weighted by atomic mass is 9.95. The van der Waals surface area contributed by atoms with E-state index in [1.165, 1.54) is 0 Å². The van der Waals surface area contributed by atoms with Crippen LogP contribution in [-0.4, -0.2) is 119 Å². The molecule has 59 heavy (non-hydrogen) atoms. The van der Waals surface area contributed by atoms with E-state index in [1.54, 1.807) is 18.7 Å². The van der Waals surface area contributed by atoms with Crippen LogP contribution in [0.5, 0.6) is 0 Å². The first-order chi connectivity index (χ1) is 28.4. The Labute approximate surface area is 345 Å². The first-order valence-electron chi connectivity index (χ1n) is 20.0. The van der Waals surface area contributed by atoms with Gasteiger partial charge in [0.2, 0.25) is 23.6 Å². The number of aliphatic carboxylic acids is 1. The van der Waals surface area contributed by atoms with Gasteiger partial charge < -0.3 is 56.0 Å². The Bertz CT molecular complexity index is 1720. The number of carboxylic acids is 1. The molecule has 0 bridgehead atoms. The highest BCUT2D eigenvalue weighted by atomic mass is 16.6. The Morgan fingerprint density at radius 2 is 1.37 bits per heavy atom. The summed E-state index contributed by atoms with van der Waals surface area (Å²) in [5.74, 6) is -2.93. The van der Waals surface area contributed by atoms with E-state index in [9.17, 15) is 33.9 Å². The van der Waals surface area contributed by atoms with Gasteiger partial charge >= 0.3 is 12.0 Å². The van der Waals surface area contributed by atoms with Gasteiger partial charge in [-0.05, 0) is 60.1 Å². The van der Waals surface area contributed by atoms with Crippen LogP contribution in [-0.2, 0) is 49.5 Å². The van der Waals surface area contributed by atoms with Crippen molar-refractivity contribution in [3.05, 3.63) is 65.2 Å². The van der Waals surface area contributed by atoms with Crippen LogP contribution < -0.4 is 31.9 Å². The molecule has 17 nitrogen and oxygen atoms in total. The second-order valence-corrected chi connectivity index (χ2v) is 14.2. The molecule has 6 amide bonds. The summed E-state index contributed by atoms with van der Waals surface area (Å²) in [5.41, 5.74) is 10.1. The van der Waals surface area contributed by atoms with E-state index in [1.807, 2.05) is 42.5 Å². The lowest BCUT2D eigenvalue weighted by Crippen LogP contribution is -2.53. The minimum atomic E-state index is -1.23. The highest BCUT2D eigenvalue weighted by Crippen LogP contribution is 2.32. The summed E-state index contributed by atoms with van der Waals surface area (Å²) in [4.78, 5) is 75.3. The van der Waals surface area contributed by atoms with Crippen molar-refractivity contribution >= 4 is 53.0 Å². The number of nitrogens with two attached hydrogens (primary N) is 1. The fourth-order valence-electron chi connectivity index (χ4n) is 6.14. The van der Waals surface area contributed by atoms with Gasteiger partial charge in [-0.25, -0.2) is 9.59 Å². The van der Waals surface area contributed by atoms with Crippen LogP contribution in [0.25, 0.3) is 11.6 Å². The second kappa shape index (κ2) is 26.6. The smallest absolute Gasteiger partial charge is 0.326 e. The maximum Gasteiger partial charge on any atom is 0.326 e. The molecule has 0 saturated carbocycles. The summed E-state index contributed by atoms with van der Waals surface area (Å²) in [5, 5.41) is 19.7. The van der Waals surface area contributed by atoms with Gasteiger partial charge in [-0.15, -0.1) is 0 Å². The number of allylic oxidation sites excluding steroid dienone is 1.